The van der Waals surface area contributed by atoms with Crippen LogP contribution >= 0.6 is 11.8 Å². The van der Waals surface area contributed by atoms with Crippen LogP contribution < -0.4 is 16.1 Å². The molecule has 0 saturated heterocycles. The average molecular weight is 243 g/mol. The number of hydrogen-bond donors (Lipinski definition) is 3. The van der Waals surface area contributed by atoms with Gasteiger partial charge in [-0.1, -0.05) is 0 Å². The van der Waals surface area contributed by atoms with Crippen LogP contribution in [0.3, 0.4) is 0 Å². The number of amides is 1. The van der Waals surface area contributed by atoms with Crippen molar-refractivity contribution in [3.8, 4) is 0 Å². The van der Waals surface area contributed by atoms with Crippen LogP contribution in [-0.2, 0) is 4.79 Å². The first-order valence-electron chi connectivity index (χ1n) is 5.70. The fourth-order valence-electron chi connectivity index (χ4n) is 2.20. The average Bonchev–Trinajstić information content (AvgIpc) is 2.76. The van der Waals surface area contributed by atoms with Gasteiger partial charge in [0.2, 0.25) is 0 Å². The van der Waals surface area contributed by atoms with Gasteiger partial charge in [-0.15, -0.1) is 0 Å². The number of thioether (sulfide) groups is 1. The SMILES string of the molecule is CS[C@@]1([NH2+]C2CCCC2)NN=C(C)C(=O)N1. The zero-order valence-electron chi connectivity index (χ0n) is 9.75. The molecule has 0 unspecified atom stereocenters. The van der Waals surface area contributed by atoms with E-state index in [0.717, 1.165) is 0 Å². The van der Waals surface area contributed by atoms with E-state index in [9.17, 15) is 4.79 Å². The lowest BCUT2D eigenvalue weighted by molar-refractivity contribution is -0.741. The Morgan fingerprint density at radius 1 is 1.50 bits per heavy atom. The van der Waals surface area contributed by atoms with Gasteiger partial charge in [-0.2, -0.15) is 5.10 Å². The molecule has 0 aromatic heterocycles. The number of hydrazone groups is 1. The van der Waals surface area contributed by atoms with Gasteiger partial charge in [0.25, 0.3) is 5.91 Å². The Balaban J connectivity index is 2.05. The van der Waals surface area contributed by atoms with E-state index in [4.69, 9.17) is 0 Å². The Morgan fingerprint density at radius 2 is 2.19 bits per heavy atom. The van der Waals surface area contributed by atoms with Gasteiger partial charge in [0.15, 0.2) is 0 Å². The minimum absolute atomic E-state index is 0.0812. The molecular weight excluding hydrogens is 224 g/mol. The monoisotopic (exact) mass is 243 g/mol. The summed E-state index contributed by atoms with van der Waals surface area (Å²) in [5, 5.41) is 8.76. The van der Waals surface area contributed by atoms with Gasteiger partial charge in [0.1, 0.15) is 5.71 Å². The molecule has 0 aromatic carbocycles. The standard InChI is InChI=1S/C10H18N4OS/c1-7-9(15)12-10(16-2,14-13-7)11-8-5-3-4-6-8/h8,11,14H,3-6H2,1-2H3,(H,12,15)/p+1/t10-/m1/s1. The van der Waals surface area contributed by atoms with Crippen molar-refractivity contribution in [1.82, 2.24) is 10.7 Å². The maximum atomic E-state index is 11.6. The summed E-state index contributed by atoms with van der Waals surface area (Å²) in [6.07, 6.45) is 7.02. The van der Waals surface area contributed by atoms with E-state index in [2.05, 4.69) is 21.2 Å². The van der Waals surface area contributed by atoms with E-state index in [-0.39, 0.29) is 5.91 Å². The number of carbonyl (C=O) groups excluding carboxylic acids is 1. The lowest BCUT2D eigenvalue weighted by Gasteiger charge is -2.34. The van der Waals surface area contributed by atoms with E-state index in [1.165, 1.54) is 25.7 Å². The molecule has 0 spiro atoms. The number of rotatable bonds is 3. The molecule has 2 aliphatic rings. The third kappa shape index (κ3) is 2.32. The van der Waals surface area contributed by atoms with Gasteiger partial charge >= 0.3 is 5.12 Å². The molecule has 1 aliphatic heterocycles. The van der Waals surface area contributed by atoms with Crippen LogP contribution in [0.25, 0.3) is 0 Å². The minimum Gasteiger partial charge on any atom is -0.293 e. The fraction of sp³-hybridized carbons (Fsp3) is 0.800. The normalized spacial score (nSPS) is 30.9. The highest BCUT2D eigenvalue weighted by Gasteiger charge is 2.41. The van der Waals surface area contributed by atoms with Crippen molar-refractivity contribution in [2.45, 2.75) is 43.8 Å². The molecule has 0 aromatic rings. The summed E-state index contributed by atoms with van der Waals surface area (Å²) in [5.74, 6) is -0.0812. The quantitative estimate of drug-likeness (QED) is 0.589. The summed E-state index contributed by atoms with van der Waals surface area (Å²) in [6.45, 7) is 1.71. The van der Waals surface area contributed by atoms with Gasteiger partial charge < -0.3 is 0 Å². The molecule has 4 N–H and O–H groups in total. The summed E-state index contributed by atoms with van der Waals surface area (Å²) in [7, 11) is 0. The van der Waals surface area contributed by atoms with E-state index in [0.29, 0.717) is 11.8 Å². The molecule has 1 aliphatic carbocycles. The Labute approximate surface area is 99.8 Å². The topological polar surface area (TPSA) is 70.1 Å². The fourth-order valence-corrected chi connectivity index (χ4v) is 2.86. The number of hydrogen-bond acceptors (Lipinski definition) is 4. The zero-order chi connectivity index (χ0) is 11.6. The number of quaternary nitrogens is 1. The molecule has 6 heteroatoms. The molecule has 2 rings (SSSR count). The van der Waals surface area contributed by atoms with Crippen molar-refractivity contribution in [3.63, 3.8) is 0 Å². The van der Waals surface area contributed by atoms with Crippen molar-refractivity contribution >= 4 is 23.4 Å². The molecule has 90 valence electrons. The van der Waals surface area contributed by atoms with Crippen LogP contribution in [0, 0.1) is 0 Å². The summed E-state index contributed by atoms with van der Waals surface area (Å²) < 4.78 is 0. The molecule has 1 atom stereocenters. The van der Waals surface area contributed by atoms with E-state index in [1.807, 2.05) is 6.26 Å². The van der Waals surface area contributed by atoms with E-state index >= 15 is 0 Å². The summed E-state index contributed by atoms with van der Waals surface area (Å²) >= 11 is 1.58. The second-order valence-electron chi connectivity index (χ2n) is 4.41. The highest BCUT2D eigenvalue weighted by molar-refractivity contribution is 7.99. The van der Waals surface area contributed by atoms with Crippen LogP contribution in [0.2, 0.25) is 0 Å². The maximum Gasteiger partial charge on any atom is 0.316 e. The Morgan fingerprint density at radius 3 is 2.75 bits per heavy atom. The second kappa shape index (κ2) is 4.63. The minimum atomic E-state index is -0.508. The first-order chi connectivity index (χ1) is 7.65. The lowest BCUT2D eigenvalue weighted by atomic mass is 10.2. The molecule has 1 heterocycles. The first-order valence-corrected chi connectivity index (χ1v) is 6.93. The molecule has 1 fully saturated rings. The number of nitrogens with zero attached hydrogens (tertiary/aromatic N) is 1. The predicted octanol–water partition coefficient (Wildman–Crippen LogP) is -0.438. The van der Waals surface area contributed by atoms with Crippen molar-refractivity contribution in [3.05, 3.63) is 0 Å². The van der Waals surface area contributed by atoms with E-state index in [1.54, 1.807) is 18.7 Å². The summed E-state index contributed by atoms with van der Waals surface area (Å²) in [4.78, 5) is 11.6. The Hall–Kier alpha value is -0.750. The van der Waals surface area contributed by atoms with Crippen LogP contribution in [0.1, 0.15) is 32.6 Å². The number of nitrogens with one attached hydrogen (secondary N) is 2. The van der Waals surface area contributed by atoms with E-state index < -0.39 is 5.12 Å². The van der Waals surface area contributed by atoms with Crippen LogP contribution in [-0.4, -0.2) is 29.0 Å². The van der Waals surface area contributed by atoms with Gasteiger partial charge in [-0.05, 0) is 50.6 Å². The van der Waals surface area contributed by atoms with Crippen LogP contribution in [0.4, 0.5) is 0 Å². The van der Waals surface area contributed by atoms with Crippen molar-refractivity contribution < 1.29 is 10.1 Å². The maximum absolute atomic E-state index is 11.6. The largest absolute Gasteiger partial charge is 0.316 e. The number of nitrogens with two attached hydrogens (primary N) is 1. The molecule has 0 bridgehead atoms. The Kier molecular flexibility index (Phi) is 3.39. The molecule has 0 radical (unpaired) electrons. The summed E-state index contributed by atoms with van der Waals surface area (Å²) in [6, 6.07) is 0.592. The third-order valence-electron chi connectivity index (χ3n) is 3.21. The van der Waals surface area contributed by atoms with Gasteiger partial charge in [0.05, 0.1) is 6.04 Å². The number of carbonyl (C=O) groups is 1. The zero-order valence-corrected chi connectivity index (χ0v) is 10.6. The molecular formula is C10H19N4OS+. The summed E-state index contributed by atoms with van der Waals surface area (Å²) in [5.41, 5.74) is 3.54. The van der Waals surface area contributed by atoms with Crippen molar-refractivity contribution in [2.75, 3.05) is 6.26 Å². The second-order valence-corrected chi connectivity index (χ2v) is 5.47. The first kappa shape index (κ1) is 11.7. The predicted molar refractivity (Wildman–Crippen MR) is 64.8 cm³/mol. The smallest absolute Gasteiger partial charge is 0.293 e. The molecule has 16 heavy (non-hydrogen) atoms. The van der Waals surface area contributed by atoms with Crippen LogP contribution in [0.15, 0.2) is 5.10 Å². The van der Waals surface area contributed by atoms with Gasteiger partial charge in [-0.25, -0.2) is 5.43 Å². The van der Waals surface area contributed by atoms with Crippen molar-refractivity contribution in [1.29, 1.82) is 0 Å². The third-order valence-corrected chi connectivity index (χ3v) is 4.18. The Bertz CT molecular complexity index is 314. The highest BCUT2D eigenvalue weighted by Crippen LogP contribution is 2.17. The van der Waals surface area contributed by atoms with Gasteiger partial charge in [-0.3, -0.25) is 15.4 Å². The highest BCUT2D eigenvalue weighted by atomic mass is 32.2. The lowest BCUT2D eigenvalue weighted by Crippen LogP contribution is -3.06. The van der Waals surface area contributed by atoms with Gasteiger partial charge in [0, 0.05) is 0 Å². The molecule has 1 amide bonds. The molecule has 5 nitrogen and oxygen atoms in total. The molecule has 1 saturated carbocycles. The van der Waals surface area contributed by atoms with Crippen LogP contribution in [0.5, 0.6) is 0 Å². The van der Waals surface area contributed by atoms with Crippen molar-refractivity contribution in [2.24, 2.45) is 5.10 Å².